The van der Waals surface area contributed by atoms with E-state index in [0.29, 0.717) is 0 Å². The van der Waals surface area contributed by atoms with Crippen LogP contribution < -0.4 is 5.32 Å². The third kappa shape index (κ3) is 5.46. The van der Waals surface area contributed by atoms with Crippen molar-refractivity contribution in [3.63, 3.8) is 0 Å². The molecule has 0 saturated heterocycles. The van der Waals surface area contributed by atoms with E-state index in [9.17, 15) is 19.5 Å². The Morgan fingerprint density at radius 3 is 2.60 bits per heavy atom. The number of carbonyl (C=O) groups is 3. The fourth-order valence-electron chi connectivity index (χ4n) is 2.22. The molecule has 0 bridgehead atoms. The van der Waals surface area contributed by atoms with Gasteiger partial charge in [-0.15, -0.1) is 11.8 Å². The van der Waals surface area contributed by atoms with Crippen LogP contribution in [0.25, 0.3) is 10.9 Å². The number of pyridine rings is 1. The first-order valence-corrected chi connectivity index (χ1v) is 8.58. The Balaban J connectivity index is 2.08. The van der Waals surface area contributed by atoms with Gasteiger partial charge in [-0.3, -0.25) is 14.6 Å². The molecule has 0 aliphatic heterocycles. The number of hydrogen-bond donors (Lipinski definition) is 3. The number of benzene rings is 1. The molecule has 1 atom stereocenters. The third-order valence-electron chi connectivity index (χ3n) is 3.41. The molecule has 8 heteroatoms. The molecule has 1 amide bonds. The number of hydrogen-bond acceptors (Lipinski definition) is 5. The topological polar surface area (TPSA) is 117 Å². The van der Waals surface area contributed by atoms with Gasteiger partial charge in [-0.2, -0.15) is 0 Å². The largest absolute Gasteiger partial charge is 0.481 e. The summed E-state index contributed by atoms with van der Waals surface area (Å²) in [6.07, 6.45) is -0.583. The molecule has 2 aromatic rings. The van der Waals surface area contributed by atoms with Crippen LogP contribution in [-0.4, -0.2) is 44.8 Å². The number of thioether (sulfide) groups is 1. The standard InChI is InChI=1S/C17H18N2O5S/c1-10-8-14(11-4-2-3-5-12(11)18-10)25-9-13(17(23)24)19-15(20)6-7-16(21)22/h2-5,8,13H,6-7,9H2,1H3,(H,19,20)(H,21,22)(H,23,24)/t13-/m0/s1. The molecule has 132 valence electrons. The average molecular weight is 362 g/mol. The van der Waals surface area contributed by atoms with Gasteiger partial charge in [0.15, 0.2) is 0 Å². The van der Waals surface area contributed by atoms with Crippen LogP contribution in [0.3, 0.4) is 0 Å². The molecule has 1 aromatic carbocycles. The summed E-state index contributed by atoms with van der Waals surface area (Å²) in [5.41, 5.74) is 1.64. The van der Waals surface area contributed by atoms with Crippen LogP contribution in [-0.2, 0) is 14.4 Å². The van der Waals surface area contributed by atoms with Gasteiger partial charge >= 0.3 is 11.9 Å². The van der Waals surface area contributed by atoms with Crippen LogP contribution in [0.15, 0.2) is 35.2 Å². The normalized spacial score (nSPS) is 11.9. The molecule has 0 saturated carbocycles. The van der Waals surface area contributed by atoms with Crippen molar-refractivity contribution in [3.8, 4) is 0 Å². The van der Waals surface area contributed by atoms with Gasteiger partial charge in [-0.1, -0.05) is 18.2 Å². The van der Waals surface area contributed by atoms with Gasteiger partial charge in [0.1, 0.15) is 6.04 Å². The number of para-hydroxylation sites is 1. The third-order valence-corrected chi connectivity index (χ3v) is 4.56. The molecule has 1 aromatic heterocycles. The highest BCUT2D eigenvalue weighted by atomic mass is 32.2. The van der Waals surface area contributed by atoms with Crippen molar-refractivity contribution in [3.05, 3.63) is 36.0 Å². The lowest BCUT2D eigenvalue weighted by atomic mass is 10.2. The Morgan fingerprint density at radius 2 is 1.92 bits per heavy atom. The second-order valence-corrected chi connectivity index (χ2v) is 6.50. The Morgan fingerprint density at radius 1 is 1.20 bits per heavy atom. The van der Waals surface area contributed by atoms with Gasteiger partial charge < -0.3 is 15.5 Å². The first-order valence-electron chi connectivity index (χ1n) is 7.60. The Kier molecular flexibility index (Phi) is 6.35. The van der Waals surface area contributed by atoms with Gasteiger partial charge in [0, 0.05) is 28.1 Å². The zero-order valence-electron chi connectivity index (χ0n) is 13.6. The minimum absolute atomic E-state index is 0.127. The zero-order chi connectivity index (χ0) is 18.4. The van der Waals surface area contributed by atoms with Crippen LogP contribution in [0.4, 0.5) is 0 Å². The van der Waals surface area contributed by atoms with E-state index in [-0.39, 0.29) is 18.6 Å². The van der Waals surface area contributed by atoms with E-state index in [1.54, 1.807) is 0 Å². The van der Waals surface area contributed by atoms with Crippen LogP contribution >= 0.6 is 11.8 Å². The van der Waals surface area contributed by atoms with Crippen molar-refractivity contribution in [2.75, 3.05) is 5.75 Å². The molecular formula is C17H18N2O5S. The predicted molar refractivity (Wildman–Crippen MR) is 93.6 cm³/mol. The Hall–Kier alpha value is -2.61. The number of aryl methyl sites for hydroxylation is 1. The summed E-state index contributed by atoms with van der Waals surface area (Å²) in [6, 6.07) is 8.33. The van der Waals surface area contributed by atoms with Gasteiger partial charge in [0.2, 0.25) is 5.91 Å². The summed E-state index contributed by atoms with van der Waals surface area (Å²) in [4.78, 5) is 38.9. The van der Waals surface area contributed by atoms with Crippen molar-refractivity contribution >= 4 is 40.5 Å². The fraction of sp³-hybridized carbons (Fsp3) is 0.294. The summed E-state index contributed by atoms with van der Waals surface area (Å²) in [7, 11) is 0. The van der Waals surface area contributed by atoms with Crippen molar-refractivity contribution in [1.82, 2.24) is 10.3 Å². The van der Waals surface area contributed by atoms with Gasteiger partial charge in [0.25, 0.3) is 0 Å². The number of carboxylic acid groups (broad SMARTS) is 2. The van der Waals surface area contributed by atoms with Gasteiger partial charge in [0.05, 0.1) is 11.9 Å². The van der Waals surface area contributed by atoms with E-state index in [4.69, 9.17) is 5.11 Å². The highest BCUT2D eigenvalue weighted by Crippen LogP contribution is 2.28. The number of nitrogens with one attached hydrogen (secondary N) is 1. The maximum absolute atomic E-state index is 11.7. The van der Waals surface area contributed by atoms with E-state index in [0.717, 1.165) is 21.5 Å². The Labute approximate surface area is 148 Å². The number of carboxylic acids is 2. The van der Waals surface area contributed by atoms with Gasteiger partial charge in [-0.05, 0) is 19.1 Å². The molecule has 3 N–H and O–H groups in total. The number of rotatable bonds is 8. The van der Waals surface area contributed by atoms with Crippen molar-refractivity contribution < 1.29 is 24.6 Å². The summed E-state index contributed by atoms with van der Waals surface area (Å²) < 4.78 is 0. The smallest absolute Gasteiger partial charge is 0.327 e. The van der Waals surface area contributed by atoms with Crippen LogP contribution in [0.2, 0.25) is 0 Å². The first kappa shape index (κ1) is 18.7. The number of carbonyl (C=O) groups excluding carboxylic acids is 1. The molecule has 0 unspecified atom stereocenters. The van der Waals surface area contributed by atoms with Crippen LogP contribution in [0.5, 0.6) is 0 Å². The molecule has 0 radical (unpaired) electrons. The summed E-state index contributed by atoms with van der Waals surface area (Å²) in [5, 5.41) is 21.1. The lowest BCUT2D eigenvalue weighted by Gasteiger charge is -2.15. The lowest BCUT2D eigenvalue weighted by Crippen LogP contribution is -2.42. The maximum atomic E-state index is 11.7. The number of nitrogens with zero attached hydrogens (tertiary/aromatic N) is 1. The van der Waals surface area contributed by atoms with Crippen molar-refractivity contribution in [2.24, 2.45) is 0 Å². The monoisotopic (exact) mass is 362 g/mol. The quantitative estimate of drug-likeness (QED) is 0.615. The summed E-state index contributed by atoms with van der Waals surface area (Å²) >= 11 is 1.32. The first-order chi connectivity index (χ1) is 11.9. The van der Waals surface area contributed by atoms with Crippen LogP contribution in [0, 0.1) is 6.92 Å². The molecule has 7 nitrogen and oxygen atoms in total. The molecule has 25 heavy (non-hydrogen) atoms. The predicted octanol–water partition coefficient (Wildman–Crippen LogP) is 2.07. The summed E-state index contributed by atoms with van der Waals surface area (Å²) in [5.74, 6) is -2.73. The highest BCUT2D eigenvalue weighted by molar-refractivity contribution is 7.99. The molecular weight excluding hydrogens is 344 g/mol. The zero-order valence-corrected chi connectivity index (χ0v) is 14.4. The second-order valence-electron chi connectivity index (χ2n) is 5.44. The minimum atomic E-state index is -1.16. The molecule has 0 spiro atoms. The molecule has 2 rings (SSSR count). The molecule has 0 fully saturated rings. The lowest BCUT2D eigenvalue weighted by molar-refractivity contribution is -0.141. The maximum Gasteiger partial charge on any atom is 0.327 e. The number of aromatic nitrogens is 1. The fourth-order valence-corrected chi connectivity index (χ4v) is 3.38. The number of aliphatic carboxylic acids is 2. The van der Waals surface area contributed by atoms with Gasteiger partial charge in [-0.25, -0.2) is 4.79 Å². The number of fused-ring (bicyclic) bond motifs is 1. The Bertz CT molecular complexity index is 809. The van der Waals surface area contributed by atoms with E-state index in [1.807, 2.05) is 37.3 Å². The van der Waals surface area contributed by atoms with E-state index in [2.05, 4.69) is 10.3 Å². The molecule has 0 aliphatic carbocycles. The average Bonchev–Trinajstić information content (AvgIpc) is 2.56. The molecule has 1 heterocycles. The van der Waals surface area contributed by atoms with E-state index >= 15 is 0 Å². The van der Waals surface area contributed by atoms with Crippen LogP contribution in [0.1, 0.15) is 18.5 Å². The SMILES string of the molecule is Cc1cc(SC[C@H](NC(=O)CCC(=O)O)C(=O)O)c2ccccc2n1. The number of amides is 1. The molecule has 0 aliphatic rings. The van der Waals surface area contributed by atoms with E-state index in [1.165, 1.54) is 11.8 Å². The van der Waals surface area contributed by atoms with Crippen molar-refractivity contribution in [2.45, 2.75) is 30.7 Å². The minimum Gasteiger partial charge on any atom is -0.481 e. The second kappa shape index (κ2) is 8.48. The summed E-state index contributed by atoms with van der Waals surface area (Å²) in [6.45, 7) is 1.86. The van der Waals surface area contributed by atoms with E-state index < -0.39 is 23.9 Å². The highest BCUT2D eigenvalue weighted by Gasteiger charge is 2.21. The van der Waals surface area contributed by atoms with Crippen molar-refractivity contribution in [1.29, 1.82) is 0 Å².